The number of benzene rings is 1. The van der Waals surface area contributed by atoms with E-state index in [9.17, 15) is 14.4 Å². The van der Waals surface area contributed by atoms with E-state index in [1.165, 1.54) is 6.92 Å². The van der Waals surface area contributed by atoms with Crippen LogP contribution in [0.15, 0.2) is 24.3 Å². The monoisotopic (exact) mass is 392 g/mol. The number of hydrogen-bond acceptors (Lipinski definition) is 5. The van der Waals surface area contributed by atoms with Crippen molar-refractivity contribution in [2.24, 2.45) is 0 Å². The van der Waals surface area contributed by atoms with Gasteiger partial charge in [0, 0.05) is 16.4 Å². The van der Waals surface area contributed by atoms with Crippen LogP contribution in [0.3, 0.4) is 0 Å². The van der Waals surface area contributed by atoms with Crippen LogP contribution in [0.4, 0.5) is 5.69 Å². The molecule has 0 aliphatic rings. The molecular weight excluding hydrogens is 372 g/mol. The van der Waals surface area contributed by atoms with Gasteiger partial charge in [-0.05, 0) is 51.5 Å². The second-order valence-electron chi connectivity index (χ2n) is 5.89. The molecule has 7 nitrogen and oxygen atoms in total. The summed E-state index contributed by atoms with van der Waals surface area (Å²) in [6, 6.07) is 6.62. The van der Waals surface area contributed by atoms with Crippen LogP contribution in [0, 0.1) is 13.8 Å². The van der Waals surface area contributed by atoms with Crippen LogP contribution in [0.1, 0.15) is 46.0 Å². The van der Waals surface area contributed by atoms with Gasteiger partial charge in [-0.15, -0.1) is 0 Å². The zero-order valence-electron chi connectivity index (χ0n) is 15.5. The zero-order chi connectivity index (χ0) is 20.1. The number of carbonyl (C=O) groups is 3. The summed E-state index contributed by atoms with van der Waals surface area (Å²) in [4.78, 5) is 39.5. The van der Waals surface area contributed by atoms with Gasteiger partial charge in [-0.25, -0.2) is 9.59 Å². The minimum Gasteiger partial charge on any atom is -0.462 e. The number of anilines is 1. The molecule has 0 unspecified atom stereocenters. The van der Waals surface area contributed by atoms with Crippen LogP contribution < -0.4 is 5.32 Å². The van der Waals surface area contributed by atoms with Crippen molar-refractivity contribution in [2.45, 2.75) is 33.8 Å². The van der Waals surface area contributed by atoms with E-state index in [0.29, 0.717) is 27.5 Å². The van der Waals surface area contributed by atoms with E-state index >= 15 is 0 Å². The zero-order valence-corrected chi connectivity index (χ0v) is 16.3. The van der Waals surface area contributed by atoms with Crippen LogP contribution >= 0.6 is 11.6 Å². The van der Waals surface area contributed by atoms with E-state index in [4.69, 9.17) is 21.1 Å². The number of ether oxygens (including phenoxy) is 2. The molecular formula is C19H21ClN2O5. The van der Waals surface area contributed by atoms with Gasteiger partial charge in [-0.3, -0.25) is 4.79 Å². The Bertz CT molecular complexity index is 875. The SMILES string of the molecule is CCOC(=O)c1c(C)[nH]c(C(=O)O[C@H](C)C(=O)Nc2cccc(Cl)c2)c1C. The third kappa shape index (κ3) is 4.89. The van der Waals surface area contributed by atoms with Crippen LogP contribution in [0.25, 0.3) is 0 Å². The highest BCUT2D eigenvalue weighted by molar-refractivity contribution is 6.30. The van der Waals surface area contributed by atoms with Crippen LogP contribution in [0.5, 0.6) is 0 Å². The lowest BCUT2D eigenvalue weighted by atomic mass is 10.1. The highest BCUT2D eigenvalue weighted by atomic mass is 35.5. The molecule has 0 aliphatic carbocycles. The van der Waals surface area contributed by atoms with Gasteiger partial charge in [0.25, 0.3) is 5.91 Å². The second-order valence-corrected chi connectivity index (χ2v) is 6.33. The van der Waals surface area contributed by atoms with E-state index < -0.39 is 23.9 Å². The number of amides is 1. The van der Waals surface area contributed by atoms with Gasteiger partial charge in [-0.1, -0.05) is 17.7 Å². The molecule has 0 aliphatic heterocycles. The van der Waals surface area contributed by atoms with Crippen molar-refractivity contribution in [2.75, 3.05) is 11.9 Å². The van der Waals surface area contributed by atoms with Crippen LogP contribution in [-0.4, -0.2) is 35.5 Å². The maximum atomic E-state index is 12.4. The molecule has 0 saturated carbocycles. The Morgan fingerprint density at radius 2 is 1.93 bits per heavy atom. The molecule has 1 atom stereocenters. The number of halogens is 1. The number of nitrogens with one attached hydrogen (secondary N) is 2. The molecule has 1 aromatic heterocycles. The minimum atomic E-state index is -1.05. The summed E-state index contributed by atoms with van der Waals surface area (Å²) in [6.45, 7) is 6.65. The number of aromatic nitrogens is 1. The Morgan fingerprint density at radius 1 is 1.22 bits per heavy atom. The molecule has 0 radical (unpaired) electrons. The first-order valence-electron chi connectivity index (χ1n) is 8.38. The normalized spacial score (nSPS) is 11.6. The topological polar surface area (TPSA) is 97.5 Å². The smallest absolute Gasteiger partial charge is 0.355 e. The molecule has 1 amide bonds. The molecule has 27 heavy (non-hydrogen) atoms. The van der Waals surface area contributed by atoms with Gasteiger partial charge in [0.15, 0.2) is 6.10 Å². The van der Waals surface area contributed by atoms with Crippen molar-refractivity contribution < 1.29 is 23.9 Å². The largest absolute Gasteiger partial charge is 0.462 e. The van der Waals surface area contributed by atoms with E-state index in [0.717, 1.165) is 0 Å². The molecule has 8 heteroatoms. The fraction of sp³-hybridized carbons (Fsp3) is 0.316. The van der Waals surface area contributed by atoms with Gasteiger partial charge in [-0.2, -0.15) is 0 Å². The van der Waals surface area contributed by atoms with Gasteiger partial charge in [0.05, 0.1) is 12.2 Å². The molecule has 0 spiro atoms. The van der Waals surface area contributed by atoms with Crippen LogP contribution in [0.2, 0.25) is 5.02 Å². The Balaban J connectivity index is 2.09. The Hall–Kier alpha value is -2.80. The number of esters is 2. The highest BCUT2D eigenvalue weighted by Gasteiger charge is 2.26. The van der Waals surface area contributed by atoms with Crippen molar-refractivity contribution in [1.29, 1.82) is 0 Å². The number of aryl methyl sites for hydroxylation is 1. The summed E-state index contributed by atoms with van der Waals surface area (Å²) >= 11 is 5.88. The molecule has 0 saturated heterocycles. The lowest BCUT2D eigenvalue weighted by Crippen LogP contribution is -2.30. The first kappa shape index (κ1) is 20.5. The second kappa shape index (κ2) is 8.73. The molecule has 1 heterocycles. The molecule has 0 fully saturated rings. The minimum absolute atomic E-state index is 0.109. The average molecular weight is 393 g/mol. The molecule has 0 bridgehead atoms. The lowest BCUT2D eigenvalue weighted by molar-refractivity contribution is -0.123. The molecule has 1 aromatic carbocycles. The number of hydrogen-bond donors (Lipinski definition) is 2. The van der Waals surface area contributed by atoms with E-state index in [-0.39, 0.29) is 12.3 Å². The number of rotatable bonds is 6. The maximum Gasteiger partial charge on any atom is 0.355 e. The Labute approximate surface area is 162 Å². The molecule has 2 aromatic rings. The Kier molecular flexibility index (Phi) is 6.63. The third-order valence-electron chi connectivity index (χ3n) is 3.87. The summed E-state index contributed by atoms with van der Waals surface area (Å²) in [5.74, 6) is -1.76. The van der Waals surface area contributed by atoms with Gasteiger partial charge >= 0.3 is 11.9 Å². The predicted octanol–water partition coefficient (Wildman–Crippen LogP) is 3.65. The molecule has 144 valence electrons. The van der Waals surface area contributed by atoms with Crippen molar-refractivity contribution in [3.63, 3.8) is 0 Å². The molecule has 2 rings (SSSR count). The lowest BCUT2D eigenvalue weighted by Gasteiger charge is -2.13. The van der Waals surface area contributed by atoms with E-state index in [1.807, 2.05) is 0 Å². The van der Waals surface area contributed by atoms with Gasteiger partial charge in [0.2, 0.25) is 0 Å². The maximum absolute atomic E-state index is 12.4. The van der Waals surface area contributed by atoms with Crippen molar-refractivity contribution in [3.05, 3.63) is 51.8 Å². The fourth-order valence-corrected chi connectivity index (χ4v) is 2.74. The fourth-order valence-electron chi connectivity index (χ4n) is 2.55. The van der Waals surface area contributed by atoms with Crippen molar-refractivity contribution in [3.8, 4) is 0 Å². The summed E-state index contributed by atoms with van der Waals surface area (Å²) in [5.41, 5.74) is 1.80. The van der Waals surface area contributed by atoms with Crippen molar-refractivity contribution >= 4 is 35.1 Å². The van der Waals surface area contributed by atoms with Gasteiger partial charge < -0.3 is 19.8 Å². The average Bonchev–Trinajstić information content (AvgIpc) is 2.89. The standard InChI is InChI=1S/C19H21ClN2O5/c1-5-26-18(24)15-10(2)16(21-11(15)3)19(25)27-12(4)17(23)22-14-8-6-7-13(20)9-14/h6-9,12,21H,5H2,1-4H3,(H,22,23)/t12-/m1/s1. The third-order valence-corrected chi connectivity index (χ3v) is 4.10. The van der Waals surface area contributed by atoms with Crippen LogP contribution in [-0.2, 0) is 14.3 Å². The first-order valence-corrected chi connectivity index (χ1v) is 8.76. The number of aromatic amines is 1. The highest BCUT2D eigenvalue weighted by Crippen LogP contribution is 2.21. The summed E-state index contributed by atoms with van der Waals surface area (Å²) in [7, 11) is 0. The first-order chi connectivity index (χ1) is 12.7. The van der Waals surface area contributed by atoms with Gasteiger partial charge in [0.1, 0.15) is 5.69 Å². The predicted molar refractivity (Wildman–Crippen MR) is 101 cm³/mol. The quantitative estimate of drug-likeness (QED) is 0.731. The summed E-state index contributed by atoms with van der Waals surface area (Å²) < 4.78 is 10.2. The van der Waals surface area contributed by atoms with Crippen molar-refractivity contribution in [1.82, 2.24) is 4.98 Å². The van der Waals surface area contributed by atoms with E-state index in [2.05, 4.69) is 10.3 Å². The Morgan fingerprint density at radius 3 is 2.56 bits per heavy atom. The summed E-state index contributed by atoms with van der Waals surface area (Å²) in [5, 5.41) is 3.09. The molecule has 2 N–H and O–H groups in total. The number of carbonyl (C=O) groups excluding carboxylic acids is 3. The summed E-state index contributed by atoms with van der Waals surface area (Å²) in [6.07, 6.45) is -1.05. The number of H-pyrrole nitrogens is 1. The van der Waals surface area contributed by atoms with E-state index in [1.54, 1.807) is 45.0 Å².